The van der Waals surface area contributed by atoms with Gasteiger partial charge in [0.25, 0.3) is 0 Å². The molecule has 0 N–H and O–H groups in total. The molecule has 0 spiro atoms. The number of imidazole rings is 1. The van der Waals surface area contributed by atoms with Crippen molar-refractivity contribution < 1.29 is 4.39 Å². The highest BCUT2D eigenvalue weighted by molar-refractivity contribution is 6.29. The molecule has 84 valence electrons. The predicted octanol–water partition coefficient (Wildman–Crippen LogP) is 3.82. The van der Waals surface area contributed by atoms with Crippen molar-refractivity contribution in [1.29, 1.82) is 0 Å². The first-order valence-corrected chi connectivity index (χ1v) is 5.52. The summed E-state index contributed by atoms with van der Waals surface area (Å²) in [5, 5.41) is 0.373. The largest absolute Gasteiger partial charge is 0.283 e. The molecule has 2 aromatic carbocycles. The number of hydrogen-bond donors (Lipinski definition) is 0. The van der Waals surface area contributed by atoms with Gasteiger partial charge in [-0.15, -0.1) is 0 Å². The SMILES string of the molecule is Fc1ccc(-n2c(Cl)nc3ccccc32)cc1. The lowest BCUT2D eigenvalue weighted by Gasteiger charge is -2.05. The van der Waals surface area contributed by atoms with Crippen LogP contribution in [0.3, 0.4) is 0 Å². The van der Waals surface area contributed by atoms with Crippen molar-refractivity contribution in [2.24, 2.45) is 0 Å². The molecule has 3 rings (SSSR count). The summed E-state index contributed by atoms with van der Waals surface area (Å²) in [6.45, 7) is 0. The third-order valence-corrected chi connectivity index (χ3v) is 2.86. The van der Waals surface area contributed by atoms with E-state index >= 15 is 0 Å². The van der Waals surface area contributed by atoms with Crippen molar-refractivity contribution in [2.45, 2.75) is 0 Å². The molecule has 0 unspecified atom stereocenters. The van der Waals surface area contributed by atoms with E-state index < -0.39 is 0 Å². The van der Waals surface area contributed by atoms with Gasteiger partial charge in [0.05, 0.1) is 11.0 Å². The van der Waals surface area contributed by atoms with Crippen molar-refractivity contribution in [1.82, 2.24) is 9.55 Å². The molecule has 3 aromatic rings. The fraction of sp³-hybridized carbons (Fsp3) is 0. The standard InChI is InChI=1S/C13H8ClFN2/c14-13-16-11-3-1-2-4-12(11)17(13)10-7-5-9(15)6-8-10/h1-8H. The Hall–Kier alpha value is -1.87. The Balaban J connectivity index is 2.29. The first kappa shape index (κ1) is 10.3. The quantitative estimate of drug-likeness (QED) is 0.638. The maximum atomic E-state index is 12.9. The van der Waals surface area contributed by atoms with Crippen molar-refractivity contribution in [3.63, 3.8) is 0 Å². The lowest BCUT2D eigenvalue weighted by Crippen LogP contribution is -1.93. The highest BCUT2D eigenvalue weighted by Crippen LogP contribution is 2.24. The first-order chi connectivity index (χ1) is 8.25. The van der Waals surface area contributed by atoms with Crippen LogP contribution in [0.2, 0.25) is 5.28 Å². The average Bonchev–Trinajstić information content (AvgIpc) is 2.66. The van der Waals surface area contributed by atoms with Crippen LogP contribution in [0, 0.1) is 5.82 Å². The number of benzene rings is 2. The second kappa shape index (κ2) is 3.86. The molecule has 0 saturated heterocycles. The molecule has 17 heavy (non-hydrogen) atoms. The number of halogens is 2. The van der Waals surface area contributed by atoms with Crippen LogP contribution < -0.4 is 0 Å². The minimum Gasteiger partial charge on any atom is -0.283 e. The van der Waals surface area contributed by atoms with E-state index in [9.17, 15) is 4.39 Å². The maximum Gasteiger partial charge on any atom is 0.208 e. The van der Waals surface area contributed by atoms with Crippen molar-refractivity contribution >= 4 is 22.6 Å². The Bertz CT molecular complexity index is 673. The van der Waals surface area contributed by atoms with Gasteiger partial charge in [0.1, 0.15) is 5.82 Å². The second-order valence-electron chi connectivity index (χ2n) is 3.68. The molecule has 0 amide bonds. The summed E-state index contributed by atoms with van der Waals surface area (Å²) in [5.74, 6) is -0.269. The van der Waals surface area contributed by atoms with Crippen molar-refractivity contribution in [2.75, 3.05) is 0 Å². The van der Waals surface area contributed by atoms with Gasteiger partial charge in [-0.3, -0.25) is 4.57 Å². The molecule has 0 aliphatic carbocycles. The molecule has 0 aliphatic heterocycles. The van der Waals surface area contributed by atoms with Crippen LogP contribution >= 0.6 is 11.6 Å². The van der Waals surface area contributed by atoms with Crippen molar-refractivity contribution in [3.8, 4) is 5.69 Å². The lowest BCUT2D eigenvalue weighted by molar-refractivity contribution is 0.627. The van der Waals surface area contributed by atoms with E-state index in [2.05, 4.69) is 4.98 Å². The number of hydrogen-bond acceptors (Lipinski definition) is 1. The summed E-state index contributed by atoms with van der Waals surface area (Å²) in [6.07, 6.45) is 0. The van der Waals surface area contributed by atoms with Gasteiger partial charge < -0.3 is 0 Å². The molecule has 0 fully saturated rings. The van der Waals surface area contributed by atoms with Crippen LogP contribution in [0.1, 0.15) is 0 Å². The summed E-state index contributed by atoms with van der Waals surface area (Å²) in [7, 11) is 0. The molecular weight excluding hydrogens is 239 g/mol. The zero-order valence-corrected chi connectivity index (χ0v) is 9.53. The van der Waals surface area contributed by atoms with Gasteiger partial charge in [-0.05, 0) is 48.0 Å². The Labute approximate surface area is 102 Å². The van der Waals surface area contributed by atoms with Crippen LogP contribution in [0.25, 0.3) is 16.7 Å². The van der Waals surface area contributed by atoms with E-state index in [1.54, 1.807) is 16.7 Å². The summed E-state index contributed by atoms with van der Waals surface area (Å²) < 4.78 is 14.7. The van der Waals surface area contributed by atoms with E-state index in [1.165, 1.54) is 12.1 Å². The average molecular weight is 247 g/mol. The number of para-hydroxylation sites is 2. The van der Waals surface area contributed by atoms with Crippen molar-refractivity contribution in [3.05, 3.63) is 59.6 Å². The Kier molecular flexibility index (Phi) is 2.34. The van der Waals surface area contributed by atoms with Crippen LogP contribution in [-0.2, 0) is 0 Å². The topological polar surface area (TPSA) is 17.8 Å². The third kappa shape index (κ3) is 1.68. The molecule has 1 aromatic heterocycles. The van der Waals surface area contributed by atoms with E-state index in [0.29, 0.717) is 5.28 Å². The van der Waals surface area contributed by atoms with Crippen LogP contribution in [-0.4, -0.2) is 9.55 Å². The molecule has 1 heterocycles. The molecule has 0 atom stereocenters. The zero-order chi connectivity index (χ0) is 11.8. The predicted molar refractivity (Wildman–Crippen MR) is 66.0 cm³/mol. The lowest BCUT2D eigenvalue weighted by atomic mass is 10.3. The first-order valence-electron chi connectivity index (χ1n) is 5.14. The smallest absolute Gasteiger partial charge is 0.208 e. The maximum absolute atomic E-state index is 12.9. The van der Waals surface area contributed by atoms with E-state index in [0.717, 1.165) is 16.7 Å². The molecule has 4 heteroatoms. The van der Waals surface area contributed by atoms with Crippen LogP contribution in [0.5, 0.6) is 0 Å². The Morgan fingerprint density at radius 3 is 2.47 bits per heavy atom. The van der Waals surface area contributed by atoms with Crippen LogP contribution in [0.4, 0.5) is 4.39 Å². The molecule has 0 aliphatic rings. The molecule has 0 saturated carbocycles. The number of fused-ring (bicyclic) bond motifs is 1. The normalized spacial score (nSPS) is 10.9. The fourth-order valence-corrected chi connectivity index (χ4v) is 2.11. The monoisotopic (exact) mass is 246 g/mol. The van der Waals surface area contributed by atoms with E-state index in [1.807, 2.05) is 24.3 Å². The van der Waals surface area contributed by atoms with Gasteiger partial charge in [-0.2, -0.15) is 0 Å². The van der Waals surface area contributed by atoms with Crippen LogP contribution in [0.15, 0.2) is 48.5 Å². The third-order valence-electron chi connectivity index (χ3n) is 2.60. The molecule has 0 bridgehead atoms. The summed E-state index contributed by atoms with van der Waals surface area (Å²) >= 11 is 6.10. The summed E-state index contributed by atoms with van der Waals surface area (Å²) in [5.41, 5.74) is 2.52. The molecular formula is C13H8ClFN2. The van der Waals surface area contributed by atoms with E-state index in [4.69, 9.17) is 11.6 Å². The van der Waals surface area contributed by atoms with Gasteiger partial charge >= 0.3 is 0 Å². The number of rotatable bonds is 1. The van der Waals surface area contributed by atoms with E-state index in [-0.39, 0.29) is 5.82 Å². The minimum absolute atomic E-state index is 0.269. The Morgan fingerprint density at radius 2 is 1.71 bits per heavy atom. The van der Waals surface area contributed by atoms with Gasteiger partial charge in [0.2, 0.25) is 5.28 Å². The second-order valence-corrected chi connectivity index (χ2v) is 4.02. The van der Waals surface area contributed by atoms with Gasteiger partial charge in [-0.1, -0.05) is 12.1 Å². The number of nitrogens with zero attached hydrogens (tertiary/aromatic N) is 2. The summed E-state index contributed by atoms with van der Waals surface area (Å²) in [6, 6.07) is 13.8. The molecule has 2 nitrogen and oxygen atoms in total. The number of aromatic nitrogens is 2. The Morgan fingerprint density at radius 1 is 1.00 bits per heavy atom. The highest BCUT2D eigenvalue weighted by Gasteiger charge is 2.09. The van der Waals surface area contributed by atoms with Gasteiger partial charge in [0.15, 0.2) is 0 Å². The zero-order valence-electron chi connectivity index (χ0n) is 8.77. The van der Waals surface area contributed by atoms with Gasteiger partial charge in [-0.25, -0.2) is 9.37 Å². The van der Waals surface area contributed by atoms with Gasteiger partial charge in [0, 0.05) is 5.69 Å². The summed E-state index contributed by atoms with van der Waals surface area (Å²) in [4.78, 5) is 4.25. The minimum atomic E-state index is -0.269. The molecule has 0 radical (unpaired) electrons. The fourth-order valence-electron chi connectivity index (χ4n) is 1.83. The highest BCUT2D eigenvalue weighted by atomic mass is 35.5.